The normalized spacial score (nSPS) is 15.6. The van der Waals surface area contributed by atoms with Crippen LogP contribution in [0, 0.1) is 12.7 Å². The van der Waals surface area contributed by atoms with Gasteiger partial charge in [0.25, 0.3) is 11.8 Å². The highest BCUT2D eigenvalue weighted by molar-refractivity contribution is 8.18. The minimum absolute atomic E-state index is 0.174. The van der Waals surface area contributed by atoms with Crippen molar-refractivity contribution in [1.29, 1.82) is 0 Å². The Labute approximate surface area is 217 Å². The number of aliphatic imine (C=N–C) groups is 1. The van der Waals surface area contributed by atoms with E-state index in [1.54, 1.807) is 41.3 Å². The van der Waals surface area contributed by atoms with E-state index < -0.39 is 0 Å². The average Bonchev–Trinajstić information content (AvgIpc) is 3.15. The number of likely N-dealkylation sites (N-methyl/N-ethyl adjacent to an activating group) is 1. The highest BCUT2D eigenvalue weighted by atomic mass is 35.5. The van der Waals surface area contributed by atoms with E-state index in [2.05, 4.69) is 10.3 Å². The number of hydrogen-bond acceptors (Lipinski definition) is 5. The lowest BCUT2D eigenvalue weighted by Gasteiger charge is -2.12. The molecule has 184 valence electrons. The molecule has 1 saturated heterocycles. The Morgan fingerprint density at radius 1 is 1.14 bits per heavy atom. The molecule has 0 radical (unpaired) electrons. The summed E-state index contributed by atoms with van der Waals surface area (Å²) in [6, 6.07) is 18.3. The van der Waals surface area contributed by atoms with Crippen LogP contribution in [0.3, 0.4) is 0 Å². The molecule has 1 heterocycles. The van der Waals surface area contributed by atoms with Gasteiger partial charge in [-0.25, -0.2) is 9.38 Å². The zero-order valence-electron chi connectivity index (χ0n) is 19.6. The molecule has 1 N–H and O–H groups in total. The molecule has 1 aliphatic heterocycles. The number of hydrogen-bond donors (Lipinski definition) is 1. The van der Waals surface area contributed by atoms with E-state index in [0.29, 0.717) is 44.3 Å². The zero-order chi connectivity index (χ0) is 25.7. The number of nitrogens with one attached hydrogen (secondary N) is 1. The summed E-state index contributed by atoms with van der Waals surface area (Å²) < 4.78 is 18.8. The molecular weight excluding hydrogens is 501 g/mol. The Morgan fingerprint density at radius 2 is 1.86 bits per heavy atom. The van der Waals surface area contributed by atoms with Gasteiger partial charge in [-0.3, -0.25) is 14.5 Å². The van der Waals surface area contributed by atoms with Gasteiger partial charge in [0, 0.05) is 12.2 Å². The number of carbonyl (C=O) groups is 2. The molecule has 0 spiro atoms. The summed E-state index contributed by atoms with van der Waals surface area (Å²) in [5.41, 5.74) is 3.04. The van der Waals surface area contributed by atoms with Crippen LogP contribution in [0.4, 0.5) is 15.8 Å². The van der Waals surface area contributed by atoms with Crippen LogP contribution < -0.4 is 10.1 Å². The van der Waals surface area contributed by atoms with E-state index in [4.69, 9.17) is 16.3 Å². The zero-order valence-corrected chi connectivity index (χ0v) is 21.2. The molecule has 1 aliphatic rings. The molecule has 0 bridgehead atoms. The molecule has 36 heavy (non-hydrogen) atoms. The van der Waals surface area contributed by atoms with Gasteiger partial charge in [-0.05, 0) is 85.8 Å². The maximum absolute atomic E-state index is 13.2. The van der Waals surface area contributed by atoms with Crippen molar-refractivity contribution in [3.63, 3.8) is 0 Å². The van der Waals surface area contributed by atoms with Gasteiger partial charge in [-0.1, -0.05) is 35.4 Å². The molecule has 0 aliphatic carbocycles. The largest absolute Gasteiger partial charge is 0.482 e. The monoisotopic (exact) mass is 523 g/mol. The summed E-state index contributed by atoms with van der Waals surface area (Å²) in [5.74, 6) is -0.468. The second-order valence-corrected chi connectivity index (χ2v) is 9.34. The van der Waals surface area contributed by atoms with Crippen LogP contribution >= 0.6 is 23.4 Å². The van der Waals surface area contributed by atoms with Crippen LogP contribution in [-0.4, -0.2) is 35.0 Å². The number of anilines is 1. The predicted molar refractivity (Wildman–Crippen MR) is 143 cm³/mol. The van der Waals surface area contributed by atoms with Gasteiger partial charge < -0.3 is 10.1 Å². The smallest absolute Gasteiger partial charge is 0.266 e. The number of thioether (sulfide) groups is 1. The summed E-state index contributed by atoms with van der Waals surface area (Å²) in [6.45, 7) is 4.08. The second kappa shape index (κ2) is 11.4. The van der Waals surface area contributed by atoms with Crippen molar-refractivity contribution >= 4 is 57.8 Å². The summed E-state index contributed by atoms with van der Waals surface area (Å²) in [5, 5.41) is 3.60. The SMILES string of the molecule is CCN1C(=O)/C(=C\c2ccc(OCC(=O)Nc3ccc(C)cc3)c(Cl)c2)SC1=Nc1ccc(F)cc1. The summed E-state index contributed by atoms with van der Waals surface area (Å²) in [7, 11) is 0. The van der Waals surface area contributed by atoms with Crippen LogP contribution in [0.2, 0.25) is 5.02 Å². The Bertz CT molecular complexity index is 1340. The third kappa shape index (κ3) is 6.33. The van der Waals surface area contributed by atoms with Gasteiger partial charge in [-0.2, -0.15) is 0 Å². The van der Waals surface area contributed by atoms with Crippen molar-refractivity contribution in [2.45, 2.75) is 13.8 Å². The number of carbonyl (C=O) groups excluding carboxylic acids is 2. The van der Waals surface area contributed by atoms with E-state index >= 15 is 0 Å². The van der Waals surface area contributed by atoms with Crippen LogP contribution in [-0.2, 0) is 9.59 Å². The van der Waals surface area contributed by atoms with Gasteiger partial charge in [0.05, 0.1) is 15.6 Å². The highest BCUT2D eigenvalue weighted by Crippen LogP contribution is 2.35. The topological polar surface area (TPSA) is 71.0 Å². The lowest BCUT2D eigenvalue weighted by atomic mass is 10.2. The van der Waals surface area contributed by atoms with Gasteiger partial charge in [0.2, 0.25) is 0 Å². The lowest BCUT2D eigenvalue weighted by Crippen LogP contribution is -2.28. The molecule has 3 aromatic rings. The molecule has 9 heteroatoms. The summed E-state index contributed by atoms with van der Waals surface area (Å²) in [6.07, 6.45) is 1.72. The molecule has 6 nitrogen and oxygen atoms in total. The Morgan fingerprint density at radius 3 is 2.53 bits per heavy atom. The number of aryl methyl sites for hydroxylation is 1. The summed E-state index contributed by atoms with van der Waals surface area (Å²) in [4.78, 5) is 31.6. The van der Waals surface area contributed by atoms with Gasteiger partial charge >= 0.3 is 0 Å². The number of amidine groups is 1. The van der Waals surface area contributed by atoms with Gasteiger partial charge in [-0.15, -0.1) is 0 Å². The van der Waals surface area contributed by atoms with E-state index in [9.17, 15) is 14.0 Å². The molecule has 0 saturated carbocycles. The van der Waals surface area contributed by atoms with Crippen LogP contribution in [0.5, 0.6) is 5.75 Å². The number of amides is 2. The first-order valence-electron chi connectivity index (χ1n) is 11.2. The molecule has 0 atom stereocenters. The van der Waals surface area contributed by atoms with Crippen molar-refractivity contribution in [3.05, 3.63) is 93.6 Å². The van der Waals surface area contributed by atoms with Crippen LogP contribution in [0.15, 0.2) is 76.6 Å². The maximum atomic E-state index is 13.2. The number of nitrogens with zero attached hydrogens (tertiary/aromatic N) is 2. The third-order valence-corrected chi connectivity index (χ3v) is 6.51. The number of halogens is 2. The standard InChI is InChI=1S/C27H23ClFN3O3S/c1-3-32-26(34)24(36-27(32)31-21-11-7-19(29)8-12-21)15-18-6-13-23(22(28)14-18)35-16-25(33)30-20-9-4-17(2)5-10-20/h4-15H,3,16H2,1-2H3,(H,30,33)/b24-15+,31-27?. The van der Waals surface area contributed by atoms with Crippen molar-refractivity contribution < 1.29 is 18.7 Å². The first-order valence-corrected chi connectivity index (χ1v) is 12.4. The van der Waals surface area contributed by atoms with Crippen molar-refractivity contribution in [2.24, 2.45) is 4.99 Å². The number of rotatable bonds is 7. The van der Waals surface area contributed by atoms with E-state index in [0.717, 1.165) is 5.56 Å². The molecule has 1 fully saturated rings. The maximum Gasteiger partial charge on any atom is 0.266 e. The van der Waals surface area contributed by atoms with Crippen LogP contribution in [0.1, 0.15) is 18.1 Å². The fourth-order valence-electron chi connectivity index (χ4n) is 3.35. The summed E-state index contributed by atoms with van der Waals surface area (Å²) >= 11 is 7.61. The van der Waals surface area contributed by atoms with Crippen molar-refractivity contribution in [2.75, 3.05) is 18.5 Å². The average molecular weight is 524 g/mol. The first kappa shape index (κ1) is 25.5. The minimum atomic E-state index is -0.349. The quantitative estimate of drug-likeness (QED) is 0.362. The predicted octanol–water partition coefficient (Wildman–Crippen LogP) is 6.43. The lowest BCUT2D eigenvalue weighted by molar-refractivity contribution is -0.122. The molecule has 0 aromatic heterocycles. The first-order chi connectivity index (χ1) is 17.3. The molecule has 4 rings (SSSR count). The fourth-order valence-corrected chi connectivity index (χ4v) is 4.65. The Balaban J connectivity index is 1.43. The highest BCUT2D eigenvalue weighted by Gasteiger charge is 2.32. The number of benzene rings is 3. The van der Waals surface area contributed by atoms with Gasteiger partial charge in [0.15, 0.2) is 11.8 Å². The molecular formula is C27H23ClFN3O3S. The molecule has 3 aromatic carbocycles. The Hall–Kier alpha value is -3.62. The minimum Gasteiger partial charge on any atom is -0.482 e. The van der Waals surface area contributed by atoms with E-state index in [1.807, 2.05) is 38.1 Å². The molecule has 0 unspecified atom stereocenters. The van der Waals surface area contributed by atoms with Crippen LogP contribution in [0.25, 0.3) is 6.08 Å². The number of ether oxygens (including phenoxy) is 1. The Kier molecular flexibility index (Phi) is 8.07. The van der Waals surface area contributed by atoms with E-state index in [1.165, 1.54) is 23.9 Å². The van der Waals surface area contributed by atoms with E-state index in [-0.39, 0.29) is 24.2 Å². The van der Waals surface area contributed by atoms with Gasteiger partial charge in [0.1, 0.15) is 11.6 Å². The second-order valence-electron chi connectivity index (χ2n) is 7.92. The third-order valence-electron chi connectivity index (χ3n) is 5.20. The van der Waals surface area contributed by atoms with Crippen molar-refractivity contribution in [3.8, 4) is 5.75 Å². The fraction of sp³-hybridized carbons (Fsp3) is 0.148. The molecule has 2 amide bonds. The van der Waals surface area contributed by atoms with Crippen molar-refractivity contribution in [1.82, 2.24) is 4.90 Å².